The van der Waals surface area contributed by atoms with Gasteiger partial charge in [-0.1, -0.05) is 36.4 Å². The first-order valence-corrected chi connectivity index (χ1v) is 10.3. The maximum Gasteiger partial charge on any atom is 0.211 e. The summed E-state index contributed by atoms with van der Waals surface area (Å²) in [6.07, 6.45) is -0.0950. The fraction of sp³-hybridized carbons (Fsp3) is 0.240. The van der Waals surface area contributed by atoms with E-state index in [1.54, 1.807) is 24.3 Å². The summed E-state index contributed by atoms with van der Waals surface area (Å²) < 4.78 is 16.3. The molecule has 1 atom stereocenters. The molecule has 33 heavy (non-hydrogen) atoms. The number of methoxy groups -OCH3 is 2. The number of aromatic hydroxyl groups is 1. The Hall–Kier alpha value is -4.07. The zero-order chi connectivity index (χ0) is 23.8. The first-order chi connectivity index (χ1) is 15.9. The Balaban J connectivity index is 1.78. The lowest BCUT2D eigenvalue weighted by Crippen LogP contribution is -2.17. The Labute approximate surface area is 191 Å². The summed E-state index contributed by atoms with van der Waals surface area (Å²) in [6, 6.07) is 19.0. The Morgan fingerprint density at radius 2 is 1.70 bits per heavy atom. The number of phenolic OH excluding ortho intramolecular Hbond substituents is 1. The van der Waals surface area contributed by atoms with Crippen molar-refractivity contribution < 1.29 is 29.0 Å². The van der Waals surface area contributed by atoms with Crippen LogP contribution in [0.5, 0.6) is 23.0 Å². The molecule has 1 N–H and O–H groups in total. The average Bonchev–Trinajstić information content (AvgIpc) is 2.82. The lowest BCUT2D eigenvalue weighted by atomic mass is 9.91. The van der Waals surface area contributed by atoms with E-state index in [0.29, 0.717) is 29.2 Å². The van der Waals surface area contributed by atoms with Gasteiger partial charge in [-0.05, 0) is 41.5 Å². The highest BCUT2D eigenvalue weighted by atomic mass is 16.6. The Bertz CT molecular complexity index is 1110. The van der Waals surface area contributed by atoms with Gasteiger partial charge in [-0.25, -0.2) is 0 Å². The lowest BCUT2D eigenvalue weighted by molar-refractivity contribution is -0.483. The second-order valence-corrected chi connectivity index (χ2v) is 7.41. The number of benzene rings is 3. The molecular weight excluding hydrogens is 426 g/mol. The first-order valence-electron chi connectivity index (χ1n) is 10.3. The highest BCUT2D eigenvalue weighted by molar-refractivity contribution is 5.97. The highest BCUT2D eigenvalue weighted by Crippen LogP contribution is 2.33. The molecule has 0 heterocycles. The smallest absolute Gasteiger partial charge is 0.211 e. The third kappa shape index (κ3) is 6.22. The predicted molar refractivity (Wildman–Crippen MR) is 122 cm³/mol. The molecule has 0 aromatic heterocycles. The normalized spacial score (nSPS) is 11.5. The largest absolute Gasteiger partial charge is 0.504 e. The van der Waals surface area contributed by atoms with Gasteiger partial charge < -0.3 is 19.3 Å². The Morgan fingerprint density at radius 1 is 0.970 bits per heavy atom. The minimum atomic E-state index is -0.693. The molecule has 0 radical (unpaired) electrons. The number of carbonyl (C=O) groups excluding carboxylic acids is 1. The van der Waals surface area contributed by atoms with Crippen LogP contribution in [0.2, 0.25) is 0 Å². The number of ether oxygens (including phenoxy) is 3. The lowest BCUT2D eigenvalue weighted by Gasteiger charge is -2.15. The van der Waals surface area contributed by atoms with Gasteiger partial charge in [0.1, 0.15) is 6.61 Å². The van der Waals surface area contributed by atoms with Crippen molar-refractivity contribution in [3.05, 3.63) is 93.5 Å². The van der Waals surface area contributed by atoms with Gasteiger partial charge in [-0.3, -0.25) is 14.9 Å². The van der Waals surface area contributed by atoms with Gasteiger partial charge in [0.25, 0.3) is 0 Å². The fourth-order valence-electron chi connectivity index (χ4n) is 3.45. The van der Waals surface area contributed by atoms with Gasteiger partial charge in [0.2, 0.25) is 6.54 Å². The van der Waals surface area contributed by atoms with Gasteiger partial charge in [-0.2, -0.15) is 0 Å². The first kappa shape index (κ1) is 23.6. The van der Waals surface area contributed by atoms with Gasteiger partial charge in [-0.15, -0.1) is 0 Å². The monoisotopic (exact) mass is 451 g/mol. The number of nitro groups is 1. The molecule has 1 unspecified atom stereocenters. The van der Waals surface area contributed by atoms with Crippen LogP contribution in [0, 0.1) is 10.1 Å². The fourth-order valence-corrected chi connectivity index (χ4v) is 3.45. The minimum absolute atomic E-state index is 0.0803. The van der Waals surface area contributed by atoms with Crippen LogP contribution in [0.25, 0.3) is 0 Å². The maximum absolute atomic E-state index is 13.0. The summed E-state index contributed by atoms with van der Waals surface area (Å²) in [5.41, 5.74) is 1.88. The van der Waals surface area contributed by atoms with E-state index in [2.05, 4.69) is 0 Å². The van der Waals surface area contributed by atoms with E-state index in [9.17, 15) is 20.0 Å². The second kappa shape index (κ2) is 11.0. The van der Waals surface area contributed by atoms with Crippen molar-refractivity contribution in [3.63, 3.8) is 0 Å². The van der Waals surface area contributed by atoms with Crippen molar-refractivity contribution in [1.82, 2.24) is 0 Å². The third-order valence-electron chi connectivity index (χ3n) is 5.20. The molecule has 172 valence electrons. The van der Waals surface area contributed by atoms with Crippen LogP contribution < -0.4 is 14.2 Å². The van der Waals surface area contributed by atoms with E-state index in [0.717, 1.165) is 5.56 Å². The van der Waals surface area contributed by atoms with E-state index in [4.69, 9.17) is 14.2 Å². The Morgan fingerprint density at radius 3 is 2.36 bits per heavy atom. The standard InChI is InChI=1S/C25H25NO7/c1-31-24-13-18(8-10-21(24)27)20(15-26(29)30)12-22(28)19-9-11-23(25(14-19)32-2)33-16-17-6-4-3-5-7-17/h3-11,13-14,20,27H,12,15-16H2,1-2H3. The van der Waals surface area contributed by atoms with Crippen LogP contribution in [0.15, 0.2) is 66.7 Å². The maximum atomic E-state index is 13.0. The molecule has 8 nitrogen and oxygen atoms in total. The van der Waals surface area contributed by atoms with Gasteiger partial charge in [0.15, 0.2) is 28.8 Å². The van der Waals surface area contributed by atoms with Crippen LogP contribution >= 0.6 is 0 Å². The summed E-state index contributed by atoms with van der Waals surface area (Å²) in [7, 11) is 2.87. The van der Waals surface area contributed by atoms with E-state index < -0.39 is 17.4 Å². The summed E-state index contributed by atoms with van der Waals surface area (Å²) in [4.78, 5) is 23.8. The molecule has 0 amide bonds. The number of carbonyl (C=O) groups is 1. The number of hydrogen-bond acceptors (Lipinski definition) is 7. The molecule has 3 rings (SSSR count). The number of hydrogen-bond donors (Lipinski definition) is 1. The van der Waals surface area contributed by atoms with Crippen molar-refractivity contribution in [1.29, 1.82) is 0 Å². The summed E-state index contributed by atoms with van der Waals surface area (Å²) in [5.74, 6) is 0.0267. The van der Waals surface area contributed by atoms with E-state index in [1.807, 2.05) is 30.3 Å². The molecule has 0 saturated heterocycles. The number of rotatable bonds is 11. The molecule has 0 spiro atoms. The van der Waals surface area contributed by atoms with Crippen LogP contribution in [0.3, 0.4) is 0 Å². The summed E-state index contributed by atoms with van der Waals surface area (Å²) in [5, 5.41) is 21.0. The third-order valence-corrected chi connectivity index (χ3v) is 5.20. The average molecular weight is 451 g/mol. The van der Waals surface area contributed by atoms with Crippen LogP contribution in [-0.4, -0.2) is 36.6 Å². The molecule has 3 aromatic rings. The highest BCUT2D eigenvalue weighted by Gasteiger charge is 2.24. The molecule has 0 saturated carbocycles. The number of Topliss-reactive ketones (excluding diaryl/α,β-unsaturated/α-hetero) is 1. The molecule has 0 fully saturated rings. The number of nitrogens with zero attached hydrogens (tertiary/aromatic N) is 1. The molecule has 0 aliphatic rings. The quantitative estimate of drug-likeness (QED) is 0.257. The van der Waals surface area contributed by atoms with Crippen molar-refractivity contribution in [3.8, 4) is 23.0 Å². The van der Waals surface area contributed by atoms with E-state index in [1.165, 1.54) is 26.4 Å². The minimum Gasteiger partial charge on any atom is -0.504 e. The molecule has 0 aliphatic carbocycles. The van der Waals surface area contributed by atoms with Crippen molar-refractivity contribution in [2.45, 2.75) is 18.9 Å². The summed E-state index contributed by atoms with van der Waals surface area (Å²) in [6.45, 7) is -0.0901. The van der Waals surface area contributed by atoms with E-state index in [-0.39, 0.29) is 23.7 Å². The van der Waals surface area contributed by atoms with Gasteiger partial charge in [0.05, 0.1) is 20.1 Å². The molecule has 3 aromatic carbocycles. The zero-order valence-corrected chi connectivity index (χ0v) is 18.4. The number of phenols is 1. The SMILES string of the molecule is COc1cc(C(CC(=O)c2ccc(OCc3ccccc3)c(OC)c2)C[N+](=O)[O-])ccc1O. The predicted octanol–water partition coefficient (Wildman–Crippen LogP) is 4.62. The molecule has 0 aliphatic heterocycles. The second-order valence-electron chi connectivity index (χ2n) is 7.41. The molecular formula is C25H25NO7. The van der Waals surface area contributed by atoms with Gasteiger partial charge >= 0.3 is 0 Å². The van der Waals surface area contributed by atoms with Crippen molar-refractivity contribution >= 4 is 5.78 Å². The van der Waals surface area contributed by atoms with Gasteiger partial charge in [0, 0.05) is 16.9 Å². The van der Waals surface area contributed by atoms with Crippen molar-refractivity contribution in [2.75, 3.05) is 20.8 Å². The summed E-state index contributed by atoms with van der Waals surface area (Å²) >= 11 is 0. The van der Waals surface area contributed by atoms with Crippen LogP contribution in [-0.2, 0) is 6.61 Å². The van der Waals surface area contributed by atoms with E-state index >= 15 is 0 Å². The Kier molecular flexibility index (Phi) is 7.86. The number of ketones is 1. The van der Waals surface area contributed by atoms with Crippen LogP contribution in [0.4, 0.5) is 0 Å². The zero-order valence-electron chi connectivity index (χ0n) is 18.4. The van der Waals surface area contributed by atoms with Crippen molar-refractivity contribution in [2.24, 2.45) is 0 Å². The molecule has 0 bridgehead atoms. The molecule has 8 heteroatoms. The van der Waals surface area contributed by atoms with Crippen LogP contribution in [0.1, 0.15) is 33.8 Å². The topological polar surface area (TPSA) is 108 Å².